The zero-order valence-corrected chi connectivity index (χ0v) is 12.3. The molecule has 0 saturated carbocycles. The average molecular weight is 286 g/mol. The molecule has 5 heteroatoms. The standard InChI is InChI=1S/C15H14N2O2S/c1-9-7-20-15-13(9)16-8-17-14(15)11-5-4-10(18-2)6-12(11)19-3/h4-8H,1-3H3. The van der Waals surface area contributed by atoms with Gasteiger partial charge in [-0.05, 0) is 30.0 Å². The molecule has 0 bridgehead atoms. The molecular weight excluding hydrogens is 272 g/mol. The lowest BCUT2D eigenvalue weighted by molar-refractivity contribution is 0.395. The van der Waals surface area contributed by atoms with Crippen molar-refractivity contribution in [3.8, 4) is 22.8 Å². The van der Waals surface area contributed by atoms with Crippen molar-refractivity contribution in [2.45, 2.75) is 6.92 Å². The van der Waals surface area contributed by atoms with Crippen molar-refractivity contribution >= 4 is 21.6 Å². The fourth-order valence-corrected chi connectivity index (χ4v) is 3.16. The van der Waals surface area contributed by atoms with E-state index in [-0.39, 0.29) is 0 Å². The third-order valence-corrected chi connectivity index (χ3v) is 4.29. The van der Waals surface area contributed by atoms with Crippen molar-refractivity contribution in [3.63, 3.8) is 0 Å². The molecule has 0 aliphatic carbocycles. The molecule has 0 aliphatic heterocycles. The molecule has 0 aliphatic rings. The van der Waals surface area contributed by atoms with Gasteiger partial charge in [-0.25, -0.2) is 9.97 Å². The molecule has 3 aromatic rings. The van der Waals surface area contributed by atoms with Crippen LogP contribution in [0.25, 0.3) is 21.5 Å². The molecule has 4 nitrogen and oxygen atoms in total. The lowest BCUT2D eigenvalue weighted by atomic mass is 10.1. The van der Waals surface area contributed by atoms with Crippen LogP contribution in [-0.4, -0.2) is 24.2 Å². The van der Waals surface area contributed by atoms with Crippen LogP contribution in [-0.2, 0) is 0 Å². The van der Waals surface area contributed by atoms with Crippen LogP contribution in [0.1, 0.15) is 5.56 Å². The number of fused-ring (bicyclic) bond motifs is 1. The molecule has 0 atom stereocenters. The van der Waals surface area contributed by atoms with E-state index in [1.807, 2.05) is 18.2 Å². The Balaban J connectivity index is 2.25. The summed E-state index contributed by atoms with van der Waals surface area (Å²) >= 11 is 1.65. The first-order valence-corrected chi connectivity index (χ1v) is 7.03. The number of hydrogen-bond acceptors (Lipinski definition) is 5. The van der Waals surface area contributed by atoms with Crippen LogP contribution in [0.3, 0.4) is 0 Å². The number of aryl methyl sites for hydroxylation is 1. The summed E-state index contributed by atoms with van der Waals surface area (Å²) < 4.78 is 11.8. The Morgan fingerprint density at radius 1 is 1.10 bits per heavy atom. The second-order valence-corrected chi connectivity index (χ2v) is 5.26. The first kappa shape index (κ1) is 12.9. The molecule has 3 rings (SSSR count). The highest BCUT2D eigenvalue weighted by molar-refractivity contribution is 7.17. The fourth-order valence-electron chi connectivity index (χ4n) is 2.16. The predicted octanol–water partition coefficient (Wildman–Crippen LogP) is 3.68. The van der Waals surface area contributed by atoms with E-state index in [0.717, 1.165) is 33.0 Å². The summed E-state index contributed by atoms with van der Waals surface area (Å²) in [6.45, 7) is 2.06. The van der Waals surface area contributed by atoms with Crippen LogP contribution in [0.5, 0.6) is 11.5 Å². The summed E-state index contributed by atoms with van der Waals surface area (Å²) in [4.78, 5) is 8.78. The van der Waals surface area contributed by atoms with Crippen molar-refractivity contribution < 1.29 is 9.47 Å². The predicted molar refractivity (Wildman–Crippen MR) is 80.7 cm³/mol. The first-order chi connectivity index (χ1) is 9.74. The molecule has 102 valence electrons. The zero-order valence-electron chi connectivity index (χ0n) is 11.5. The number of thiophene rings is 1. The van der Waals surface area contributed by atoms with Gasteiger partial charge < -0.3 is 9.47 Å². The van der Waals surface area contributed by atoms with E-state index < -0.39 is 0 Å². The summed E-state index contributed by atoms with van der Waals surface area (Å²) in [5.74, 6) is 1.51. The minimum atomic E-state index is 0.746. The van der Waals surface area contributed by atoms with Gasteiger partial charge >= 0.3 is 0 Å². The Morgan fingerprint density at radius 2 is 1.95 bits per heavy atom. The number of rotatable bonds is 3. The third kappa shape index (κ3) is 2.00. The molecular formula is C15H14N2O2S. The summed E-state index contributed by atoms with van der Waals surface area (Å²) in [5.41, 5.74) is 4.01. The molecule has 2 aromatic heterocycles. The van der Waals surface area contributed by atoms with E-state index in [1.165, 1.54) is 5.56 Å². The van der Waals surface area contributed by atoms with Gasteiger partial charge in [0.25, 0.3) is 0 Å². The maximum Gasteiger partial charge on any atom is 0.132 e. The minimum absolute atomic E-state index is 0.746. The van der Waals surface area contributed by atoms with Crippen LogP contribution in [0, 0.1) is 6.92 Å². The van der Waals surface area contributed by atoms with Gasteiger partial charge in [-0.1, -0.05) is 0 Å². The van der Waals surface area contributed by atoms with Crippen LogP contribution in [0.4, 0.5) is 0 Å². The van der Waals surface area contributed by atoms with Crippen LogP contribution in [0.2, 0.25) is 0 Å². The largest absolute Gasteiger partial charge is 0.497 e. The van der Waals surface area contributed by atoms with E-state index in [4.69, 9.17) is 9.47 Å². The van der Waals surface area contributed by atoms with E-state index in [0.29, 0.717) is 0 Å². The Morgan fingerprint density at radius 3 is 2.70 bits per heavy atom. The maximum absolute atomic E-state index is 5.46. The van der Waals surface area contributed by atoms with E-state index in [9.17, 15) is 0 Å². The molecule has 0 amide bonds. The van der Waals surface area contributed by atoms with Crippen molar-refractivity contribution in [2.75, 3.05) is 14.2 Å². The molecule has 0 radical (unpaired) electrons. The second-order valence-electron chi connectivity index (χ2n) is 4.38. The first-order valence-electron chi connectivity index (χ1n) is 6.15. The number of methoxy groups -OCH3 is 2. The Labute approximate surface area is 121 Å². The molecule has 2 heterocycles. The van der Waals surface area contributed by atoms with E-state index >= 15 is 0 Å². The molecule has 0 fully saturated rings. The average Bonchev–Trinajstić information content (AvgIpc) is 2.88. The van der Waals surface area contributed by atoms with E-state index in [1.54, 1.807) is 31.9 Å². The summed E-state index contributed by atoms with van der Waals surface area (Å²) in [5, 5.41) is 2.10. The molecule has 0 saturated heterocycles. The highest BCUT2D eigenvalue weighted by Crippen LogP contribution is 2.37. The zero-order chi connectivity index (χ0) is 14.1. The summed E-state index contributed by atoms with van der Waals surface area (Å²) in [7, 11) is 3.29. The Hall–Kier alpha value is -2.14. The van der Waals surface area contributed by atoms with Crippen molar-refractivity contribution in [1.82, 2.24) is 9.97 Å². The highest BCUT2D eigenvalue weighted by Gasteiger charge is 2.14. The van der Waals surface area contributed by atoms with Crippen molar-refractivity contribution in [3.05, 3.63) is 35.5 Å². The van der Waals surface area contributed by atoms with Gasteiger partial charge in [0.1, 0.15) is 17.8 Å². The monoisotopic (exact) mass is 286 g/mol. The fraction of sp³-hybridized carbons (Fsp3) is 0.200. The lowest BCUT2D eigenvalue weighted by Crippen LogP contribution is -1.93. The Bertz CT molecular complexity index is 768. The van der Waals surface area contributed by atoms with Gasteiger partial charge in [-0.3, -0.25) is 0 Å². The lowest BCUT2D eigenvalue weighted by Gasteiger charge is -2.10. The van der Waals surface area contributed by atoms with Gasteiger partial charge in [-0.15, -0.1) is 11.3 Å². The quantitative estimate of drug-likeness (QED) is 0.736. The number of ether oxygens (including phenoxy) is 2. The number of aromatic nitrogens is 2. The summed E-state index contributed by atoms with van der Waals surface area (Å²) in [6.07, 6.45) is 1.60. The summed E-state index contributed by atoms with van der Waals surface area (Å²) in [6, 6.07) is 5.74. The third-order valence-electron chi connectivity index (χ3n) is 3.19. The van der Waals surface area contributed by atoms with Gasteiger partial charge in [0.2, 0.25) is 0 Å². The van der Waals surface area contributed by atoms with Gasteiger partial charge in [-0.2, -0.15) is 0 Å². The molecule has 1 aromatic carbocycles. The van der Waals surface area contributed by atoms with Crippen molar-refractivity contribution in [1.29, 1.82) is 0 Å². The van der Waals surface area contributed by atoms with Gasteiger partial charge in [0, 0.05) is 11.6 Å². The van der Waals surface area contributed by atoms with Crippen LogP contribution in [0.15, 0.2) is 29.9 Å². The molecule has 0 N–H and O–H groups in total. The van der Waals surface area contributed by atoms with Crippen molar-refractivity contribution in [2.24, 2.45) is 0 Å². The van der Waals surface area contributed by atoms with Crippen LogP contribution >= 0.6 is 11.3 Å². The van der Waals surface area contributed by atoms with Gasteiger partial charge in [0.15, 0.2) is 0 Å². The minimum Gasteiger partial charge on any atom is -0.497 e. The van der Waals surface area contributed by atoms with Gasteiger partial charge in [0.05, 0.1) is 30.1 Å². The SMILES string of the molecule is COc1ccc(-c2ncnc3c(C)csc23)c(OC)c1. The molecule has 20 heavy (non-hydrogen) atoms. The highest BCUT2D eigenvalue weighted by atomic mass is 32.1. The Kier molecular flexibility index (Phi) is 3.28. The maximum atomic E-state index is 5.46. The topological polar surface area (TPSA) is 44.2 Å². The van der Waals surface area contributed by atoms with Crippen LogP contribution < -0.4 is 9.47 Å². The number of nitrogens with zero attached hydrogens (tertiary/aromatic N) is 2. The number of hydrogen-bond donors (Lipinski definition) is 0. The smallest absolute Gasteiger partial charge is 0.132 e. The molecule has 0 spiro atoms. The van der Waals surface area contributed by atoms with E-state index in [2.05, 4.69) is 22.3 Å². The second kappa shape index (κ2) is 5.09. The number of benzene rings is 1. The molecule has 0 unspecified atom stereocenters. The normalized spacial score (nSPS) is 10.8.